The van der Waals surface area contributed by atoms with Crippen molar-refractivity contribution in [1.82, 2.24) is 20.5 Å². The van der Waals surface area contributed by atoms with Crippen LogP contribution in [0.5, 0.6) is 0 Å². The van der Waals surface area contributed by atoms with Crippen LogP contribution in [0.4, 0.5) is 0 Å². The smallest absolute Gasteiger partial charge is 0.252 e. The highest BCUT2D eigenvalue weighted by Gasteiger charge is 2.10. The van der Waals surface area contributed by atoms with Crippen LogP contribution < -0.4 is 10.6 Å². The number of carbonyl (C=O) groups is 2. The maximum atomic E-state index is 12.0. The predicted molar refractivity (Wildman–Crippen MR) is 87.0 cm³/mol. The first-order chi connectivity index (χ1) is 10.5. The molecule has 122 valence electrons. The topological polar surface area (TPSA) is 74.3 Å². The maximum Gasteiger partial charge on any atom is 0.252 e. The van der Waals surface area contributed by atoms with Gasteiger partial charge in [0.15, 0.2) is 0 Å². The summed E-state index contributed by atoms with van der Waals surface area (Å²) in [6, 6.07) is 1.58. The van der Waals surface area contributed by atoms with Crippen LogP contribution in [0.25, 0.3) is 0 Å². The number of hydrogen-bond acceptors (Lipinski definition) is 4. The third kappa shape index (κ3) is 6.67. The maximum absolute atomic E-state index is 12.0. The first kappa shape index (κ1) is 18.1. The lowest BCUT2D eigenvalue weighted by Gasteiger charge is -2.10. The van der Waals surface area contributed by atoms with Crippen molar-refractivity contribution in [2.75, 3.05) is 33.7 Å². The summed E-state index contributed by atoms with van der Waals surface area (Å²) in [5.41, 5.74) is 0.824. The minimum atomic E-state index is -0.200. The number of nitrogens with zero attached hydrogens (tertiary/aromatic N) is 2. The normalized spacial score (nSPS) is 10.5. The summed E-state index contributed by atoms with van der Waals surface area (Å²) in [6.45, 7) is 4.22. The van der Waals surface area contributed by atoms with E-state index in [1.807, 2.05) is 14.1 Å². The number of amides is 2. The second-order valence-electron chi connectivity index (χ2n) is 5.48. The molecular formula is C16H26N4O2. The number of pyridine rings is 1. The van der Waals surface area contributed by atoms with E-state index in [1.54, 1.807) is 6.07 Å². The summed E-state index contributed by atoms with van der Waals surface area (Å²) in [7, 11) is 3.98. The van der Waals surface area contributed by atoms with E-state index in [0.29, 0.717) is 24.2 Å². The van der Waals surface area contributed by atoms with Crippen LogP contribution in [-0.4, -0.2) is 55.4 Å². The van der Waals surface area contributed by atoms with Gasteiger partial charge >= 0.3 is 0 Å². The van der Waals surface area contributed by atoms with E-state index in [4.69, 9.17) is 0 Å². The van der Waals surface area contributed by atoms with Gasteiger partial charge in [-0.3, -0.25) is 14.6 Å². The molecule has 0 aliphatic rings. The van der Waals surface area contributed by atoms with Crippen molar-refractivity contribution >= 4 is 11.8 Å². The van der Waals surface area contributed by atoms with Gasteiger partial charge in [0.25, 0.3) is 11.8 Å². The molecule has 1 aromatic heterocycles. The molecule has 2 amide bonds. The van der Waals surface area contributed by atoms with Gasteiger partial charge in [0.2, 0.25) is 0 Å². The Balaban J connectivity index is 2.52. The largest absolute Gasteiger partial charge is 0.352 e. The molecule has 0 radical (unpaired) electrons. The third-order valence-corrected chi connectivity index (χ3v) is 3.15. The molecule has 6 nitrogen and oxygen atoms in total. The first-order valence-electron chi connectivity index (χ1n) is 7.70. The molecule has 1 rings (SSSR count). The highest BCUT2D eigenvalue weighted by Crippen LogP contribution is 2.03. The van der Waals surface area contributed by atoms with Gasteiger partial charge in [0.1, 0.15) is 0 Å². The molecule has 0 unspecified atom stereocenters. The lowest BCUT2D eigenvalue weighted by Crippen LogP contribution is -2.28. The molecule has 2 N–H and O–H groups in total. The number of carbonyl (C=O) groups excluding carboxylic acids is 2. The van der Waals surface area contributed by atoms with E-state index >= 15 is 0 Å². The van der Waals surface area contributed by atoms with Crippen molar-refractivity contribution in [1.29, 1.82) is 0 Å². The van der Waals surface area contributed by atoms with E-state index in [1.165, 1.54) is 12.4 Å². The average molecular weight is 306 g/mol. The lowest BCUT2D eigenvalue weighted by molar-refractivity contribution is 0.0952. The minimum absolute atomic E-state index is 0.191. The van der Waals surface area contributed by atoms with Gasteiger partial charge < -0.3 is 15.5 Å². The van der Waals surface area contributed by atoms with Crippen LogP contribution in [0.1, 0.15) is 46.9 Å². The zero-order valence-electron chi connectivity index (χ0n) is 13.7. The minimum Gasteiger partial charge on any atom is -0.352 e. The molecular weight excluding hydrogens is 280 g/mol. The highest BCUT2D eigenvalue weighted by molar-refractivity contribution is 5.99. The fourth-order valence-corrected chi connectivity index (χ4v) is 1.87. The molecule has 0 aliphatic heterocycles. The van der Waals surface area contributed by atoms with E-state index in [2.05, 4.69) is 27.4 Å². The molecule has 0 atom stereocenters. The lowest BCUT2D eigenvalue weighted by atomic mass is 10.2. The summed E-state index contributed by atoms with van der Waals surface area (Å²) in [5, 5.41) is 5.65. The van der Waals surface area contributed by atoms with Crippen molar-refractivity contribution < 1.29 is 9.59 Å². The highest BCUT2D eigenvalue weighted by atomic mass is 16.2. The van der Waals surface area contributed by atoms with Gasteiger partial charge in [-0.15, -0.1) is 0 Å². The van der Waals surface area contributed by atoms with Crippen molar-refractivity contribution in [3.8, 4) is 0 Å². The molecule has 6 heteroatoms. The van der Waals surface area contributed by atoms with Gasteiger partial charge in [-0.25, -0.2) is 0 Å². The number of unbranched alkanes of at least 4 members (excludes halogenated alkanes) is 1. The fourth-order valence-electron chi connectivity index (χ4n) is 1.87. The molecule has 1 aromatic rings. The number of rotatable bonds is 9. The summed E-state index contributed by atoms with van der Waals surface area (Å²) in [5.74, 6) is -0.391. The molecule has 0 bridgehead atoms. The van der Waals surface area contributed by atoms with Crippen LogP contribution in [0.3, 0.4) is 0 Å². The molecule has 0 saturated carbocycles. The zero-order chi connectivity index (χ0) is 16.4. The van der Waals surface area contributed by atoms with E-state index in [9.17, 15) is 9.59 Å². The molecule has 0 aliphatic carbocycles. The molecule has 0 aromatic carbocycles. The Morgan fingerprint density at radius 1 is 1.05 bits per heavy atom. The van der Waals surface area contributed by atoms with Gasteiger partial charge in [-0.1, -0.05) is 13.3 Å². The molecule has 0 fully saturated rings. The summed E-state index contributed by atoms with van der Waals surface area (Å²) in [4.78, 5) is 30.0. The quantitative estimate of drug-likeness (QED) is 0.674. The van der Waals surface area contributed by atoms with Crippen molar-refractivity contribution in [3.63, 3.8) is 0 Å². The van der Waals surface area contributed by atoms with E-state index in [-0.39, 0.29) is 11.8 Å². The molecule has 1 heterocycles. The third-order valence-electron chi connectivity index (χ3n) is 3.15. The number of nitrogens with one attached hydrogen (secondary N) is 2. The fraction of sp³-hybridized carbons (Fsp3) is 0.562. The van der Waals surface area contributed by atoms with Gasteiger partial charge in [0.05, 0.1) is 11.1 Å². The van der Waals surface area contributed by atoms with Crippen LogP contribution >= 0.6 is 0 Å². The number of hydrogen-bond donors (Lipinski definition) is 2. The van der Waals surface area contributed by atoms with Gasteiger partial charge in [-0.2, -0.15) is 0 Å². The Bertz CT molecular complexity index is 489. The predicted octanol–water partition coefficient (Wildman–Crippen LogP) is 1.29. The first-order valence-corrected chi connectivity index (χ1v) is 7.70. The second-order valence-corrected chi connectivity index (χ2v) is 5.48. The Labute approximate surface area is 132 Å². The van der Waals surface area contributed by atoms with Crippen LogP contribution in [0.2, 0.25) is 0 Å². The van der Waals surface area contributed by atoms with E-state index in [0.717, 1.165) is 25.8 Å². The van der Waals surface area contributed by atoms with Crippen molar-refractivity contribution in [3.05, 3.63) is 29.6 Å². The second kappa shape index (κ2) is 9.89. The van der Waals surface area contributed by atoms with Gasteiger partial charge in [-0.05, 0) is 39.5 Å². The van der Waals surface area contributed by atoms with E-state index < -0.39 is 0 Å². The standard InChI is InChI=1S/C16H26N4O2/c1-4-5-7-18-15(21)13-10-14(12-17-11-13)16(22)19-8-6-9-20(2)3/h10-12H,4-9H2,1-3H3,(H,18,21)(H,19,22). The molecule has 22 heavy (non-hydrogen) atoms. The van der Waals surface area contributed by atoms with Gasteiger partial charge in [0, 0.05) is 25.5 Å². The van der Waals surface area contributed by atoms with Crippen molar-refractivity contribution in [2.45, 2.75) is 26.2 Å². The van der Waals surface area contributed by atoms with Crippen LogP contribution in [0.15, 0.2) is 18.5 Å². The summed E-state index contributed by atoms with van der Waals surface area (Å²) >= 11 is 0. The summed E-state index contributed by atoms with van der Waals surface area (Å²) < 4.78 is 0. The average Bonchev–Trinajstić information content (AvgIpc) is 2.51. The Morgan fingerprint density at radius 2 is 1.59 bits per heavy atom. The monoisotopic (exact) mass is 306 g/mol. The zero-order valence-corrected chi connectivity index (χ0v) is 13.7. The molecule has 0 spiro atoms. The van der Waals surface area contributed by atoms with Crippen LogP contribution in [-0.2, 0) is 0 Å². The van der Waals surface area contributed by atoms with Crippen molar-refractivity contribution in [2.24, 2.45) is 0 Å². The SMILES string of the molecule is CCCCNC(=O)c1cncc(C(=O)NCCCN(C)C)c1. The summed E-state index contributed by atoms with van der Waals surface area (Å²) in [6.07, 6.45) is 5.79. The van der Waals surface area contributed by atoms with Crippen LogP contribution in [0, 0.1) is 0 Å². The Kier molecular flexibility index (Phi) is 8.14. The Hall–Kier alpha value is -1.95. The molecule has 0 saturated heterocycles. The number of aromatic nitrogens is 1. The Morgan fingerprint density at radius 3 is 2.09 bits per heavy atom.